The largest absolute Gasteiger partial charge is 0.335 e. The highest BCUT2D eigenvalue weighted by molar-refractivity contribution is 6.30. The van der Waals surface area contributed by atoms with Gasteiger partial charge in [0.2, 0.25) is 0 Å². The Bertz CT molecular complexity index is 470. The lowest BCUT2D eigenvalue weighted by Crippen LogP contribution is -2.54. The van der Waals surface area contributed by atoms with Crippen molar-refractivity contribution >= 4 is 29.8 Å². The highest BCUT2D eigenvalue weighted by atomic mass is 35.5. The minimum Gasteiger partial charge on any atom is -0.335 e. The molecule has 1 aliphatic heterocycles. The number of imide groups is 1. The van der Waals surface area contributed by atoms with Crippen LogP contribution in [0.25, 0.3) is 0 Å². The smallest absolute Gasteiger partial charge is 0.321 e. The molecule has 0 spiro atoms. The number of halogens is 1. The summed E-state index contributed by atoms with van der Waals surface area (Å²) in [7, 11) is 0. The average Bonchev–Trinajstić information content (AvgIpc) is 2.30. The number of hydrogen-bond acceptors (Lipinski definition) is 3. The van der Waals surface area contributed by atoms with E-state index in [1.807, 2.05) is 0 Å². The Hall–Kier alpha value is -1.88. The number of carbonyl (C=O) groups excluding carboxylic acids is 2. The van der Waals surface area contributed by atoms with Crippen molar-refractivity contribution in [2.24, 2.45) is 4.99 Å². The van der Waals surface area contributed by atoms with Crippen molar-refractivity contribution in [3.05, 3.63) is 34.9 Å². The van der Waals surface area contributed by atoms with Gasteiger partial charge in [-0.3, -0.25) is 15.1 Å². The number of urea groups is 1. The normalized spacial score (nSPS) is 20.2. The second-order valence-corrected chi connectivity index (χ2v) is 3.98. The summed E-state index contributed by atoms with van der Waals surface area (Å²) < 4.78 is 0. The molecule has 2 N–H and O–H groups in total. The van der Waals surface area contributed by atoms with Gasteiger partial charge >= 0.3 is 6.03 Å². The summed E-state index contributed by atoms with van der Waals surface area (Å²) in [6.45, 7) is 0.217. The Morgan fingerprint density at radius 3 is 2.65 bits per heavy atom. The van der Waals surface area contributed by atoms with Crippen molar-refractivity contribution in [2.75, 3.05) is 6.54 Å². The van der Waals surface area contributed by atoms with Crippen LogP contribution >= 0.6 is 11.6 Å². The van der Waals surface area contributed by atoms with E-state index in [2.05, 4.69) is 15.6 Å². The number of benzene rings is 1. The van der Waals surface area contributed by atoms with Crippen LogP contribution in [0.3, 0.4) is 0 Å². The number of carbonyl (C=O) groups is 2. The molecule has 1 unspecified atom stereocenters. The van der Waals surface area contributed by atoms with Gasteiger partial charge in [-0.2, -0.15) is 0 Å². The van der Waals surface area contributed by atoms with Crippen LogP contribution in [-0.4, -0.2) is 30.7 Å². The Labute approximate surface area is 103 Å². The van der Waals surface area contributed by atoms with E-state index < -0.39 is 12.1 Å². The molecule has 0 radical (unpaired) electrons. The lowest BCUT2D eigenvalue weighted by molar-refractivity contribution is -0.121. The molecule has 1 aliphatic rings. The van der Waals surface area contributed by atoms with Crippen LogP contribution in [0.5, 0.6) is 0 Å². The molecule has 1 fully saturated rings. The molecule has 1 aromatic rings. The monoisotopic (exact) mass is 251 g/mol. The van der Waals surface area contributed by atoms with Crippen molar-refractivity contribution in [2.45, 2.75) is 6.04 Å². The van der Waals surface area contributed by atoms with Crippen LogP contribution in [0, 0.1) is 0 Å². The molecule has 0 aromatic heterocycles. The molecule has 0 aliphatic carbocycles. The lowest BCUT2D eigenvalue weighted by atomic mass is 10.2. The average molecular weight is 252 g/mol. The fraction of sp³-hybridized carbons (Fsp3) is 0.182. The summed E-state index contributed by atoms with van der Waals surface area (Å²) >= 11 is 5.74. The van der Waals surface area contributed by atoms with Crippen LogP contribution < -0.4 is 10.6 Å². The Morgan fingerprint density at radius 1 is 1.29 bits per heavy atom. The zero-order valence-corrected chi connectivity index (χ0v) is 9.57. The number of nitrogens with zero attached hydrogens (tertiary/aromatic N) is 1. The number of aliphatic imine (C=N–C) groups is 1. The quantitative estimate of drug-likeness (QED) is 0.769. The van der Waals surface area contributed by atoms with E-state index in [9.17, 15) is 9.59 Å². The van der Waals surface area contributed by atoms with Crippen LogP contribution in [0.2, 0.25) is 5.02 Å². The Balaban J connectivity index is 2.03. The SMILES string of the molecule is O=C1NCC(N=Cc2ccc(Cl)cc2)C(=O)N1. The highest BCUT2D eigenvalue weighted by Crippen LogP contribution is 2.08. The number of rotatable bonds is 2. The van der Waals surface area contributed by atoms with E-state index in [0.29, 0.717) is 5.02 Å². The van der Waals surface area contributed by atoms with Crippen molar-refractivity contribution in [3.8, 4) is 0 Å². The van der Waals surface area contributed by atoms with Crippen molar-refractivity contribution in [1.29, 1.82) is 0 Å². The summed E-state index contributed by atoms with van der Waals surface area (Å²) in [6.07, 6.45) is 1.58. The first-order valence-electron chi connectivity index (χ1n) is 5.02. The number of hydrogen-bond donors (Lipinski definition) is 2. The van der Waals surface area contributed by atoms with Gasteiger partial charge in [0.05, 0.1) is 6.54 Å². The van der Waals surface area contributed by atoms with Crippen molar-refractivity contribution < 1.29 is 9.59 Å². The number of nitrogens with one attached hydrogen (secondary N) is 2. The van der Waals surface area contributed by atoms with E-state index in [1.54, 1.807) is 30.5 Å². The topological polar surface area (TPSA) is 70.6 Å². The first-order valence-corrected chi connectivity index (χ1v) is 5.40. The molecule has 3 amide bonds. The van der Waals surface area contributed by atoms with E-state index in [0.717, 1.165) is 5.56 Å². The van der Waals surface area contributed by atoms with Crippen molar-refractivity contribution in [3.63, 3.8) is 0 Å². The fourth-order valence-electron chi connectivity index (χ4n) is 1.37. The Morgan fingerprint density at radius 2 is 2.00 bits per heavy atom. The maximum atomic E-state index is 11.4. The third-order valence-corrected chi connectivity index (χ3v) is 2.52. The molecule has 17 heavy (non-hydrogen) atoms. The molecule has 1 heterocycles. The molecule has 2 rings (SSSR count). The van der Waals surface area contributed by atoms with Gasteiger partial charge < -0.3 is 5.32 Å². The van der Waals surface area contributed by atoms with Crippen LogP contribution in [0.15, 0.2) is 29.3 Å². The van der Waals surface area contributed by atoms with Gasteiger partial charge in [0.25, 0.3) is 5.91 Å². The molecule has 5 nitrogen and oxygen atoms in total. The van der Waals surface area contributed by atoms with E-state index in [1.165, 1.54) is 0 Å². The summed E-state index contributed by atoms with van der Waals surface area (Å²) in [5.74, 6) is -0.390. The first kappa shape index (κ1) is 11.6. The van der Waals surface area contributed by atoms with Gasteiger partial charge in [-0.05, 0) is 17.7 Å². The molecular formula is C11H10ClN3O2. The van der Waals surface area contributed by atoms with Gasteiger partial charge in [-0.25, -0.2) is 4.79 Å². The van der Waals surface area contributed by atoms with Crippen molar-refractivity contribution in [1.82, 2.24) is 10.6 Å². The molecule has 0 saturated carbocycles. The highest BCUT2D eigenvalue weighted by Gasteiger charge is 2.24. The van der Waals surface area contributed by atoms with Gasteiger partial charge in [0.1, 0.15) is 6.04 Å². The van der Waals surface area contributed by atoms with Gasteiger partial charge in [0.15, 0.2) is 0 Å². The number of amides is 3. The second-order valence-electron chi connectivity index (χ2n) is 3.54. The lowest BCUT2D eigenvalue weighted by Gasteiger charge is -2.18. The summed E-state index contributed by atoms with van der Waals surface area (Å²) in [4.78, 5) is 26.3. The molecule has 1 atom stereocenters. The third kappa shape index (κ3) is 3.04. The molecule has 88 valence electrons. The maximum absolute atomic E-state index is 11.4. The fourth-order valence-corrected chi connectivity index (χ4v) is 1.49. The zero-order valence-electron chi connectivity index (χ0n) is 8.81. The van der Waals surface area contributed by atoms with E-state index >= 15 is 0 Å². The summed E-state index contributed by atoms with van der Waals surface area (Å²) in [6, 6.07) is 6.02. The van der Waals surface area contributed by atoms with E-state index in [-0.39, 0.29) is 12.5 Å². The molecule has 6 heteroatoms. The molecule has 1 saturated heterocycles. The van der Waals surface area contributed by atoms with Crippen LogP contribution in [-0.2, 0) is 4.79 Å². The Kier molecular flexibility index (Phi) is 3.39. The van der Waals surface area contributed by atoms with Gasteiger partial charge in [-0.15, -0.1) is 0 Å². The van der Waals surface area contributed by atoms with Gasteiger partial charge in [0, 0.05) is 11.2 Å². The van der Waals surface area contributed by atoms with E-state index in [4.69, 9.17) is 11.6 Å². The van der Waals surface area contributed by atoms with Crippen LogP contribution in [0.1, 0.15) is 5.56 Å². The maximum Gasteiger partial charge on any atom is 0.321 e. The molecule has 0 bridgehead atoms. The van der Waals surface area contributed by atoms with Gasteiger partial charge in [-0.1, -0.05) is 23.7 Å². The second kappa shape index (κ2) is 4.97. The summed E-state index contributed by atoms with van der Waals surface area (Å²) in [5, 5.41) is 5.30. The summed E-state index contributed by atoms with van der Waals surface area (Å²) in [5.41, 5.74) is 0.846. The molecule has 1 aromatic carbocycles. The predicted molar refractivity (Wildman–Crippen MR) is 64.4 cm³/mol. The standard InChI is InChI=1S/C11H10ClN3O2/c12-8-3-1-7(2-4-8)5-13-9-6-14-11(17)15-10(9)16/h1-5,9H,6H2,(H2,14,15,16,17). The van der Waals surface area contributed by atoms with Crippen LogP contribution in [0.4, 0.5) is 4.79 Å². The third-order valence-electron chi connectivity index (χ3n) is 2.27. The first-order chi connectivity index (χ1) is 8.15. The zero-order chi connectivity index (χ0) is 12.3. The minimum absolute atomic E-state index is 0.217. The minimum atomic E-state index is -0.580. The molecular weight excluding hydrogens is 242 g/mol. The predicted octanol–water partition coefficient (Wildman–Crippen LogP) is 0.967.